The van der Waals surface area contributed by atoms with Gasteiger partial charge in [0.05, 0.1) is 12.1 Å². The smallest absolute Gasteiger partial charge is 0.217 e. The van der Waals surface area contributed by atoms with Gasteiger partial charge in [-0.15, -0.1) is 0 Å². The highest BCUT2D eigenvalue weighted by molar-refractivity contribution is 5.81. The molecule has 1 aliphatic rings. The summed E-state index contributed by atoms with van der Waals surface area (Å²) in [4.78, 5) is 11.8. The fourth-order valence-corrected chi connectivity index (χ4v) is 3.82. The highest BCUT2D eigenvalue weighted by atomic mass is 16.5. The van der Waals surface area contributed by atoms with Crippen LogP contribution in [0.3, 0.4) is 0 Å². The monoisotopic (exact) mass is 376 g/mol. The molecule has 1 aliphatic heterocycles. The van der Waals surface area contributed by atoms with E-state index in [-0.39, 0.29) is 0 Å². The van der Waals surface area contributed by atoms with Gasteiger partial charge < -0.3 is 15.0 Å². The van der Waals surface area contributed by atoms with Crippen LogP contribution in [0.15, 0.2) is 48.7 Å². The van der Waals surface area contributed by atoms with Gasteiger partial charge in [0, 0.05) is 48.9 Å². The second-order valence-electron chi connectivity index (χ2n) is 7.22. The molecule has 146 valence electrons. The van der Waals surface area contributed by atoms with E-state index in [0.717, 1.165) is 43.1 Å². The van der Waals surface area contributed by atoms with Gasteiger partial charge >= 0.3 is 0 Å². The van der Waals surface area contributed by atoms with Crippen molar-refractivity contribution in [2.45, 2.75) is 39.3 Å². The Morgan fingerprint density at radius 1 is 1.00 bits per heavy atom. The molecular formula is C23H28N4O. The zero-order valence-electron chi connectivity index (χ0n) is 16.5. The van der Waals surface area contributed by atoms with Crippen LogP contribution in [-0.2, 0) is 13.1 Å². The number of nitrogens with zero attached hydrogens (tertiary/aromatic N) is 3. The van der Waals surface area contributed by atoms with Crippen LogP contribution in [0, 0.1) is 0 Å². The zero-order chi connectivity index (χ0) is 19.2. The van der Waals surface area contributed by atoms with Gasteiger partial charge in [-0.05, 0) is 44.4 Å². The van der Waals surface area contributed by atoms with E-state index in [2.05, 4.69) is 51.6 Å². The fourth-order valence-electron chi connectivity index (χ4n) is 3.82. The number of aromatic nitrogens is 2. The Morgan fingerprint density at radius 2 is 1.82 bits per heavy atom. The third-order valence-corrected chi connectivity index (χ3v) is 5.20. The van der Waals surface area contributed by atoms with Gasteiger partial charge in [-0.1, -0.05) is 24.3 Å². The van der Waals surface area contributed by atoms with Gasteiger partial charge in [-0.3, -0.25) is 0 Å². The second-order valence-corrected chi connectivity index (χ2v) is 7.22. The molecule has 0 aliphatic carbocycles. The fraction of sp³-hybridized carbons (Fsp3) is 0.391. The molecule has 0 radical (unpaired) electrons. The Labute approximate surface area is 166 Å². The zero-order valence-corrected chi connectivity index (χ0v) is 16.5. The van der Waals surface area contributed by atoms with E-state index in [0.29, 0.717) is 12.5 Å². The Kier molecular flexibility index (Phi) is 6.02. The number of anilines is 1. The number of hydrogen-bond acceptors (Lipinski definition) is 5. The lowest BCUT2D eigenvalue weighted by Gasteiger charge is -2.30. The van der Waals surface area contributed by atoms with E-state index in [1.54, 1.807) is 6.20 Å². The molecule has 5 heteroatoms. The van der Waals surface area contributed by atoms with Crippen molar-refractivity contribution in [3.05, 3.63) is 59.8 Å². The maximum Gasteiger partial charge on any atom is 0.217 e. The maximum absolute atomic E-state index is 5.64. The van der Waals surface area contributed by atoms with Crippen LogP contribution >= 0.6 is 0 Å². The van der Waals surface area contributed by atoms with Crippen LogP contribution < -0.4 is 15.0 Å². The number of rotatable bonds is 7. The number of fused-ring (bicyclic) bond motifs is 1. The number of nitrogens with one attached hydrogen (secondary N) is 1. The highest BCUT2D eigenvalue weighted by Gasteiger charge is 2.17. The van der Waals surface area contributed by atoms with E-state index in [9.17, 15) is 0 Å². The lowest BCUT2D eigenvalue weighted by molar-refractivity contribution is 0.322. The van der Waals surface area contributed by atoms with Crippen molar-refractivity contribution in [3.8, 4) is 5.88 Å². The minimum absolute atomic E-state index is 0.623. The quantitative estimate of drug-likeness (QED) is 0.666. The molecule has 28 heavy (non-hydrogen) atoms. The Balaban J connectivity index is 1.55. The normalized spacial score (nSPS) is 14.4. The average Bonchev–Trinajstić information content (AvgIpc) is 2.75. The number of hydrogen-bond donors (Lipinski definition) is 1. The van der Waals surface area contributed by atoms with Crippen LogP contribution in [-0.4, -0.2) is 29.7 Å². The third kappa shape index (κ3) is 4.25. The molecule has 2 aromatic heterocycles. The van der Waals surface area contributed by atoms with Crippen molar-refractivity contribution in [2.24, 2.45) is 0 Å². The van der Waals surface area contributed by atoms with Crippen LogP contribution in [0.1, 0.15) is 37.3 Å². The third-order valence-electron chi connectivity index (χ3n) is 5.20. The van der Waals surface area contributed by atoms with Crippen LogP contribution in [0.25, 0.3) is 10.9 Å². The summed E-state index contributed by atoms with van der Waals surface area (Å²) in [6, 6.07) is 14.7. The van der Waals surface area contributed by atoms with E-state index in [4.69, 9.17) is 9.72 Å². The van der Waals surface area contributed by atoms with Gasteiger partial charge in [0.1, 0.15) is 5.82 Å². The van der Waals surface area contributed by atoms with E-state index in [1.807, 2.05) is 13.0 Å². The van der Waals surface area contributed by atoms with E-state index < -0.39 is 0 Å². The van der Waals surface area contributed by atoms with Crippen LogP contribution in [0.5, 0.6) is 5.88 Å². The summed E-state index contributed by atoms with van der Waals surface area (Å²) in [5.74, 6) is 1.84. The van der Waals surface area contributed by atoms with Gasteiger partial charge in [0.25, 0.3) is 0 Å². The van der Waals surface area contributed by atoms with Crippen molar-refractivity contribution in [3.63, 3.8) is 0 Å². The molecule has 3 aromatic rings. The van der Waals surface area contributed by atoms with Crippen molar-refractivity contribution in [1.29, 1.82) is 0 Å². The predicted octanol–water partition coefficient (Wildman–Crippen LogP) is 4.31. The first-order valence-corrected chi connectivity index (χ1v) is 10.3. The van der Waals surface area contributed by atoms with Gasteiger partial charge in [0.15, 0.2) is 0 Å². The average molecular weight is 377 g/mol. The SMILES string of the molecule is CCOc1ncccc1CNCc1cc2ccccc2nc1N1CCCCC1. The highest BCUT2D eigenvalue weighted by Crippen LogP contribution is 2.26. The molecule has 0 spiro atoms. The number of pyridine rings is 2. The van der Waals surface area contributed by atoms with Crippen LogP contribution in [0.4, 0.5) is 5.82 Å². The summed E-state index contributed by atoms with van der Waals surface area (Å²) in [6.45, 7) is 6.28. The molecule has 1 saturated heterocycles. The number of para-hydroxylation sites is 1. The van der Waals surface area contributed by atoms with Crippen molar-refractivity contribution in [2.75, 3.05) is 24.6 Å². The van der Waals surface area contributed by atoms with Crippen molar-refractivity contribution >= 4 is 16.7 Å². The Bertz CT molecular complexity index is 921. The van der Waals surface area contributed by atoms with Crippen molar-refractivity contribution in [1.82, 2.24) is 15.3 Å². The maximum atomic E-state index is 5.64. The second kappa shape index (κ2) is 9.02. The molecule has 0 atom stereocenters. The summed E-state index contributed by atoms with van der Waals surface area (Å²) in [5.41, 5.74) is 3.40. The summed E-state index contributed by atoms with van der Waals surface area (Å²) < 4.78 is 5.64. The Hall–Kier alpha value is -2.66. The molecule has 0 bridgehead atoms. The van der Waals surface area contributed by atoms with Gasteiger partial charge in [-0.2, -0.15) is 0 Å². The molecule has 0 unspecified atom stereocenters. The lowest BCUT2D eigenvalue weighted by Crippen LogP contribution is -2.31. The summed E-state index contributed by atoms with van der Waals surface area (Å²) in [7, 11) is 0. The molecular weight excluding hydrogens is 348 g/mol. The lowest BCUT2D eigenvalue weighted by atomic mass is 10.1. The molecule has 0 saturated carbocycles. The molecule has 1 aromatic carbocycles. The number of ether oxygens (including phenoxy) is 1. The first-order valence-electron chi connectivity index (χ1n) is 10.3. The molecule has 3 heterocycles. The molecule has 1 N–H and O–H groups in total. The predicted molar refractivity (Wildman–Crippen MR) is 114 cm³/mol. The van der Waals surface area contributed by atoms with E-state index >= 15 is 0 Å². The summed E-state index contributed by atoms with van der Waals surface area (Å²) in [6.07, 6.45) is 5.58. The molecule has 1 fully saturated rings. The van der Waals surface area contributed by atoms with Crippen molar-refractivity contribution < 1.29 is 4.74 Å². The topological polar surface area (TPSA) is 50.3 Å². The minimum atomic E-state index is 0.623. The standard InChI is InChI=1S/C23H28N4O/c1-2-28-23-19(10-8-12-25-23)16-24-17-20-15-18-9-4-5-11-21(18)26-22(20)27-13-6-3-7-14-27/h4-5,8-12,15,24H,2-3,6-7,13-14,16-17H2,1H3. The number of piperidine rings is 1. The summed E-state index contributed by atoms with van der Waals surface area (Å²) in [5, 5.41) is 4.77. The van der Waals surface area contributed by atoms with Crippen LogP contribution in [0.2, 0.25) is 0 Å². The first-order chi connectivity index (χ1) is 13.8. The Morgan fingerprint density at radius 3 is 2.68 bits per heavy atom. The number of benzene rings is 1. The first kappa shape index (κ1) is 18.7. The van der Waals surface area contributed by atoms with E-state index in [1.165, 1.54) is 30.2 Å². The largest absolute Gasteiger partial charge is 0.478 e. The van der Waals surface area contributed by atoms with Gasteiger partial charge in [0.2, 0.25) is 5.88 Å². The minimum Gasteiger partial charge on any atom is -0.478 e. The molecule has 5 nitrogen and oxygen atoms in total. The summed E-state index contributed by atoms with van der Waals surface area (Å²) >= 11 is 0. The molecule has 0 amide bonds. The molecule has 4 rings (SSSR count). The van der Waals surface area contributed by atoms with Gasteiger partial charge in [-0.25, -0.2) is 9.97 Å².